The molecule has 2 aliphatic carbocycles. The summed E-state index contributed by atoms with van der Waals surface area (Å²) >= 11 is 0. The highest BCUT2D eigenvalue weighted by Crippen LogP contribution is 2.46. The second kappa shape index (κ2) is 5.41. The van der Waals surface area contributed by atoms with Crippen molar-refractivity contribution in [3.8, 4) is 22.3 Å². The SMILES string of the molecule is c1ccc2c(c1)Cc1cc3c(cc1-2)c1c2c(ccc1c1nccn31)-c1ccccc1C2. The Morgan fingerprint density at radius 3 is 2.29 bits per heavy atom. The third-order valence-electron chi connectivity index (χ3n) is 7.31. The quantitative estimate of drug-likeness (QED) is 0.259. The van der Waals surface area contributed by atoms with Crippen LogP contribution in [0.4, 0.5) is 0 Å². The number of nitrogens with zero attached hydrogens (tertiary/aromatic N) is 2. The molecule has 31 heavy (non-hydrogen) atoms. The van der Waals surface area contributed by atoms with Crippen LogP contribution in [0.5, 0.6) is 0 Å². The number of hydrogen-bond acceptors (Lipinski definition) is 1. The summed E-state index contributed by atoms with van der Waals surface area (Å²) < 4.78 is 2.27. The molecule has 2 aromatic heterocycles. The van der Waals surface area contributed by atoms with Crippen molar-refractivity contribution in [1.29, 1.82) is 0 Å². The van der Waals surface area contributed by atoms with Gasteiger partial charge < -0.3 is 0 Å². The first kappa shape index (κ1) is 15.9. The van der Waals surface area contributed by atoms with Crippen molar-refractivity contribution in [3.63, 3.8) is 0 Å². The van der Waals surface area contributed by atoms with Gasteiger partial charge >= 0.3 is 0 Å². The molecule has 0 aliphatic heterocycles. The zero-order chi connectivity index (χ0) is 20.1. The van der Waals surface area contributed by atoms with Crippen LogP contribution < -0.4 is 0 Å². The second-order valence-electron chi connectivity index (χ2n) is 8.83. The Bertz CT molecular complexity index is 1730. The van der Waals surface area contributed by atoms with Crippen LogP contribution in [0.1, 0.15) is 22.3 Å². The van der Waals surface area contributed by atoms with E-state index in [4.69, 9.17) is 4.98 Å². The molecule has 0 fully saturated rings. The molecule has 0 spiro atoms. The third kappa shape index (κ3) is 1.91. The van der Waals surface area contributed by atoms with E-state index in [0.717, 1.165) is 18.5 Å². The van der Waals surface area contributed by atoms with Gasteiger partial charge in [0, 0.05) is 23.2 Å². The standard InChI is InChI=1S/C29H18N2/c1-4-8-21-17(5-1)13-19-15-27-26(16-24(19)21)28-23(29-30-11-12-31(27)29)10-9-22-20-7-3-2-6-18(20)14-25(22)28/h1-12,15-16H,13-14H2. The summed E-state index contributed by atoms with van der Waals surface area (Å²) in [4.78, 5) is 4.77. The van der Waals surface area contributed by atoms with Gasteiger partial charge in [0.05, 0.1) is 5.52 Å². The Labute approximate surface area is 179 Å². The van der Waals surface area contributed by atoms with Gasteiger partial charge in [-0.25, -0.2) is 4.98 Å². The first-order valence-electron chi connectivity index (χ1n) is 10.9. The Hall–Kier alpha value is -3.91. The van der Waals surface area contributed by atoms with Gasteiger partial charge in [-0.2, -0.15) is 0 Å². The van der Waals surface area contributed by atoms with E-state index in [-0.39, 0.29) is 0 Å². The van der Waals surface area contributed by atoms with E-state index in [2.05, 4.69) is 83.4 Å². The molecule has 2 heterocycles. The van der Waals surface area contributed by atoms with Gasteiger partial charge in [-0.1, -0.05) is 54.6 Å². The fraction of sp³-hybridized carbons (Fsp3) is 0.0690. The second-order valence-corrected chi connectivity index (χ2v) is 8.83. The minimum Gasteiger partial charge on any atom is -0.299 e. The molecule has 0 N–H and O–H groups in total. The predicted octanol–water partition coefficient (Wildman–Crippen LogP) is 6.78. The molecule has 0 amide bonds. The van der Waals surface area contributed by atoms with Crippen LogP contribution in [0, 0.1) is 0 Å². The number of fused-ring (bicyclic) bond motifs is 13. The number of benzene rings is 4. The molecule has 2 heteroatoms. The highest BCUT2D eigenvalue weighted by Gasteiger charge is 2.25. The van der Waals surface area contributed by atoms with Crippen LogP contribution in [0.2, 0.25) is 0 Å². The van der Waals surface area contributed by atoms with E-state index < -0.39 is 0 Å². The number of rotatable bonds is 0. The van der Waals surface area contributed by atoms with E-state index in [1.807, 2.05) is 6.20 Å². The molecule has 4 aromatic carbocycles. The van der Waals surface area contributed by atoms with Crippen molar-refractivity contribution >= 4 is 27.3 Å². The van der Waals surface area contributed by atoms with Gasteiger partial charge in [0.15, 0.2) is 0 Å². The summed E-state index contributed by atoms with van der Waals surface area (Å²) in [5, 5.41) is 3.95. The molecule has 0 atom stereocenters. The lowest BCUT2D eigenvalue weighted by Gasteiger charge is -2.14. The van der Waals surface area contributed by atoms with E-state index in [1.54, 1.807) is 0 Å². The van der Waals surface area contributed by atoms with Crippen LogP contribution in [-0.4, -0.2) is 9.38 Å². The highest BCUT2D eigenvalue weighted by atomic mass is 15.0. The molecule has 0 saturated carbocycles. The van der Waals surface area contributed by atoms with Crippen molar-refractivity contribution in [2.24, 2.45) is 0 Å². The van der Waals surface area contributed by atoms with Crippen molar-refractivity contribution < 1.29 is 0 Å². The average Bonchev–Trinajstić information content (AvgIpc) is 3.52. The minimum atomic E-state index is 0.989. The summed E-state index contributed by atoms with van der Waals surface area (Å²) in [5.74, 6) is 0. The molecule has 2 nitrogen and oxygen atoms in total. The lowest BCUT2D eigenvalue weighted by molar-refractivity contribution is 1.23. The highest BCUT2D eigenvalue weighted by molar-refractivity contribution is 6.16. The van der Waals surface area contributed by atoms with Gasteiger partial charge in [0.25, 0.3) is 0 Å². The molecule has 0 radical (unpaired) electrons. The number of hydrogen-bond donors (Lipinski definition) is 0. The lowest BCUT2D eigenvalue weighted by Crippen LogP contribution is -1.95. The number of imidazole rings is 1. The predicted molar refractivity (Wildman–Crippen MR) is 127 cm³/mol. The zero-order valence-corrected chi connectivity index (χ0v) is 16.9. The van der Waals surface area contributed by atoms with Crippen molar-refractivity contribution in [2.75, 3.05) is 0 Å². The molecular formula is C29H18N2. The van der Waals surface area contributed by atoms with Crippen molar-refractivity contribution in [2.45, 2.75) is 12.8 Å². The summed E-state index contributed by atoms with van der Waals surface area (Å²) in [6, 6.07) is 27.1. The van der Waals surface area contributed by atoms with E-state index >= 15 is 0 Å². The monoisotopic (exact) mass is 394 g/mol. The Morgan fingerprint density at radius 1 is 0.645 bits per heavy atom. The van der Waals surface area contributed by atoms with Crippen LogP contribution >= 0.6 is 0 Å². The summed E-state index contributed by atoms with van der Waals surface area (Å²) in [7, 11) is 0. The van der Waals surface area contributed by atoms with Crippen LogP contribution in [0.25, 0.3) is 49.6 Å². The summed E-state index contributed by atoms with van der Waals surface area (Å²) in [5.41, 5.74) is 13.5. The molecule has 8 rings (SSSR count). The number of aromatic nitrogens is 2. The molecular weight excluding hydrogens is 376 g/mol. The summed E-state index contributed by atoms with van der Waals surface area (Å²) in [6.45, 7) is 0. The fourth-order valence-electron chi connectivity index (χ4n) is 5.97. The summed E-state index contributed by atoms with van der Waals surface area (Å²) in [6.07, 6.45) is 6.03. The normalized spacial score (nSPS) is 13.5. The van der Waals surface area contributed by atoms with E-state index in [0.29, 0.717) is 0 Å². The Kier molecular flexibility index (Phi) is 2.77. The van der Waals surface area contributed by atoms with Crippen molar-refractivity contribution in [1.82, 2.24) is 9.38 Å². The maximum atomic E-state index is 4.77. The van der Waals surface area contributed by atoms with Gasteiger partial charge in [0.1, 0.15) is 5.65 Å². The van der Waals surface area contributed by atoms with Crippen LogP contribution in [0.3, 0.4) is 0 Å². The first-order chi connectivity index (χ1) is 15.4. The maximum Gasteiger partial charge on any atom is 0.145 e. The number of pyridine rings is 1. The molecule has 2 aliphatic rings. The largest absolute Gasteiger partial charge is 0.299 e. The van der Waals surface area contributed by atoms with E-state index in [1.165, 1.54) is 66.2 Å². The first-order valence-corrected chi connectivity index (χ1v) is 10.9. The smallest absolute Gasteiger partial charge is 0.145 e. The topological polar surface area (TPSA) is 17.3 Å². The van der Waals surface area contributed by atoms with Gasteiger partial charge in [0.2, 0.25) is 0 Å². The molecule has 144 valence electrons. The van der Waals surface area contributed by atoms with Gasteiger partial charge in [-0.05, 0) is 80.9 Å². The lowest BCUT2D eigenvalue weighted by atomic mass is 9.94. The molecule has 0 unspecified atom stereocenters. The Balaban J connectivity index is 1.58. The maximum absolute atomic E-state index is 4.77. The third-order valence-corrected chi connectivity index (χ3v) is 7.31. The minimum absolute atomic E-state index is 0.989. The molecule has 0 bridgehead atoms. The molecule has 0 saturated heterocycles. The average molecular weight is 394 g/mol. The van der Waals surface area contributed by atoms with E-state index in [9.17, 15) is 0 Å². The Morgan fingerprint density at radius 2 is 1.42 bits per heavy atom. The van der Waals surface area contributed by atoms with Crippen LogP contribution in [0.15, 0.2) is 85.2 Å². The van der Waals surface area contributed by atoms with Crippen molar-refractivity contribution in [3.05, 3.63) is 107 Å². The van der Waals surface area contributed by atoms with Crippen LogP contribution in [-0.2, 0) is 12.8 Å². The fourth-order valence-corrected chi connectivity index (χ4v) is 5.97. The van der Waals surface area contributed by atoms with Gasteiger partial charge in [-0.15, -0.1) is 0 Å². The zero-order valence-electron chi connectivity index (χ0n) is 16.9. The van der Waals surface area contributed by atoms with Gasteiger partial charge in [-0.3, -0.25) is 4.40 Å². The molecule has 6 aromatic rings.